The average molecular weight is 852 g/mol. The van der Waals surface area contributed by atoms with Gasteiger partial charge in [-0.1, -0.05) is 36.2 Å². The number of allylic oxidation sites excluding steroid dienone is 1. The highest BCUT2D eigenvalue weighted by molar-refractivity contribution is 6.03. The second-order valence-corrected chi connectivity index (χ2v) is 17.3. The number of aliphatic hydroxyl groups is 2. The molecule has 3 aromatic rings. The first-order valence-electron chi connectivity index (χ1n) is 21.4. The van der Waals surface area contributed by atoms with Gasteiger partial charge in [0.1, 0.15) is 23.1 Å². The predicted molar refractivity (Wildman–Crippen MR) is 233 cm³/mol. The number of ether oxygens (including phenoxy) is 4. The van der Waals surface area contributed by atoms with Gasteiger partial charge in [-0.2, -0.15) is 0 Å². The van der Waals surface area contributed by atoms with Crippen molar-refractivity contribution in [3.8, 4) is 23.0 Å². The van der Waals surface area contributed by atoms with Crippen molar-refractivity contribution in [1.29, 1.82) is 0 Å². The summed E-state index contributed by atoms with van der Waals surface area (Å²) in [5, 5.41) is 47.1. The Morgan fingerprint density at radius 3 is 2.44 bits per heavy atom. The third-order valence-corrected chi connectivity index (χ3v) is 12.1. The van der Waals surface area contributed by atoms with Crippen molar-refractivity contribution in [2.75, 3.05) is 26.6 Å². The van der Waals surface area contributed by atoms with Gasteiger partial charge in [0.25, 0.3) is 5.69 Å². The van der Waals surface area contributed by atoms with Gasteiger partial charge in [-0.15, -0.1) is 6.58 Å². The van der Waals surface area contributed by atoms with E-state index in [4.69, 9.17) is 28.9 Å². The summed E-state index contributed by atoms with van der Waals surface area (Å²) in [5.41, 5.74) is 2.94. The summed E-state index contributed by atoms with van der Waals surface area (Å²) in [6.07, 6.45) is 11.5. The number of phenolic OH excluding ortho intramolecular Hbond substituents is 1. The molecule has 6 unspecified atom stereocenters. The molecular weight excluding hydrogens is 795 g/mol. The summed E-state index contributed by atoms with van der Waals surface area (Å²) in [6, 6.07) is 15.8. The molecule has 0 bridgehead atoms. The zero-order valence-corrected chi connectivity index (χ0v) is 35.6. The van der Waals surface area contributed by atoms with Gasteiger partial charge in [0.2, 0.25) is 18.5 Å². The minimum atomic E-state index is -1.53. The Bertz CT molecular complexity index is 2200. The van der Waals surface area contributed by atoms with Crippen LogP contribution in [-0.4, -0.2) is 80.8 Å². The molecule has 1 saturated carbocycles. The van der Waals surface area contributed by atoms with Gasteiger partial charge in [0.05, 0.1) is 23.2 Å². The lowest BCUT2D eigenvalue weighted by Crippen LogP contribution is -2.70. The van der Waals surface area contributed by atoms with Gasteiger partial charge in [-0.05, 0) is 124 Å². The number of carbonyl (C=O) groups is 1. The number of unbranched alkanes of at least 4 members (excludes halogenated alkanes) is 2. The summed E-state index contributed by atoms with van der Waals surface area (Å²) < 4.78 is 25.7. The molecule has 1 amide bonds. The lowest BCUT2D eigenvalue weighted by molar-refractivity contribution is -0.384. The van der Waals surface area contributed by atoms with Crippen LogP contribution in [-0.2, 0) is 20.9 Å². The second-order valence-electron chi connectivity index (χ2n) is 17.3. The number of fused-ring (bicyclic) bond motifs is 3. The Balaban J connectivity index is 1.44. The molecule has 62 heavy (non-hydrogen) atoms. The maximum atomic E-state index is 15.1. The molecule has 3 aromatic carbocycles. The normalized spacial score (nSPS) is 24.2. The highest BCUT2D eigenvalue weighted by Gasteiger charge is 2.65. The van der Waals surface area contributed by atoms with Crippen LogP contribution in [0.15, 0.2) is 96.2 Å². The summed E-state index contributed by atoms with van der Waals surface area (Å²) in [7, 11) is 0. The van der Waals surface area contributed by atoms with Crippen LogP contribution in [0.1, 0.15) is 88.3 Å². The van der Waals surface area contributed by atoms with Crippen LogP contribution in [0, 0.1) is 27.9 Å². The summed E-state index contributed by atoms with van der Waals surface area (Å²) >= 11 is 0. The molecule has 2 aliphatic heterocycles. The van der Waals surface area contributed by atoms with E-state index in [2.05, 4.69) is 12.7 Å². The van der Waals surface area contributed by atoms with Crippen LogP contribution in [0.5, 0.6) is 23.0 Å². The van der Waals surface area contributed by atoms with Crippen molar-refractivity contribution in [1.82, 2.24) is 4.90 Å². The van der Waals surface area contributed by atoms with Gasteiger partial charge < -0.3 is 44.0 Å². The number of amides is 1. The van der Waals surface area contributed by atoms with E-state index in [1.54, 1.807) is 47.4 Å². The Labute approximate surface area is 362 Å². The Hall–Kier alpha value is -5.70. The number of hydrogen-bond acceptors (Lipinski definition) is 12. The first kappa shape index (κ1) is 44.4. The fourth-order valence-corrected chi connectivity index (χ4v) is 9.40. The number of nitro groups is 1. The third-order valence-electron chi connectivity index (χ3n) is 12.1. The van der Waals surface area contributed by atoms with Crippen molar-refractivity contribution in [3.05, 3.63) is 118 Å². The van der Waals surface area contributed by atoms with Gasteiger partial charge in [-0.3, -0.25) is 14.9 Å². The molecule has 0 saturated heterocycles. The van der Waals surface area contributed by atoms with Crippen molar-refractivity contribution in [2.24, 2.45) is 22.9 Å². The maximum absolute atomic E-state index is 15.1. The fraction of sp³-hybridized carbons (Fsp3) is 0.458. The first-order chi connectivity index (χ1) is 29.8. The minimum Gasteiger partial charge on any atom is -0.508 e. The number of nitrogens with zero attached hydrogens (tertiary/aromatic N) is 3. The van der Waals surface area contributed by atoms with Crippen molar-refractivity contribution >= 4 is 23.4 Å². The number of rotatable bonds is 18. The van der Waals surface area contributed by atoms with Crippen LogP contribution < -0.4 is 14.2 Å². The number of aromatic hydroxyl groups is 1. The third kappa shape index (κ3) is 9.52. The second kappa shape index (κ2) is 19.1. The van der Waals surface area contributed by atoms with Gasteiger partial charge >= 0.3 is 0 Å². The molecule has 2 heterocycles. The lowest BCUT2D eigenvalue weighted by atomic mass is 9.55. The molecule has 7 rings (SSSR count). The van der Waals surface area contributed by atoms with E-state index in [9.17, 15) is 25.4 Å². The van der Waals surface area contributed by atoms with Gasteiger partial charge in [-0.25, -0.2) is 0 Å². The molecule has 0 radical (unpaired) electrons. The first-order valence-corrected chi connectivity index (χ1v) is 21.4. The number of oxime groups is 1. The molecule has 6 atom stereocenters. The average Bonchev–Trinajstić information content (AvgIpc) is 3.73. The predicted octanol–water partition coefficient (Wildman–Crippen LogP) is 8.20. The standard InChI is InChI=1S/C48H57N3O11/c1-5-24-60-48-43(50(29-32-14-19-41-42(25-32)59-30-58-41)44(55)21-15-31-12-16-34(17-13-31)51(56)57)28-39(49-62-47(2,3)4)37-26-33(10-6-8-22-52)36(11-7-9-23-53)45(46(37)48)38-27-35(54)18-20-40(38)61-48/h5,12-21,25-27,33,36,43,45-46,52-54H,1,6-11,22-24,28-30H2,2-4H3. The summed E-state index contributed by atoms with van der Waals surface area (Å²) in [4.78, 5) is 34.0. The van der Waals surface area contributed by atoms with Crippen LogP contribution in [0.2, 0.25) is 0 Å². The molecule has 4 aliphatic rings. The molecule has 2 aliphatic carbocycles. The largest absolute Gasteiger partial charge is 0.508 e. The molecular formula is C48H57N3O11. The zero-order valence-electron chi connectivity index (χ0n) is 35.6. The number of benzene rings is 3. The molecule has 0 aromatic heterocycles. The van der Waals surface area contributed by atoms with Gasteiger partial charge in [0, 0.05) is 55.9 Å². The monoisotopic (exact) mass is 851 g/mol. The van der Waals surface area contributed by atoms with E-state index in [0.29, 0.717) is 41.4 Å². The molecule has 1 fully saturated rings. The van der Waals surface area contributed by atoms with Crippen molar-refractivity contribution < 1.29 is 48.8 Å². The number of carbonyl (C=O) groups excluding carboxylic acids is 1. The number of phenols is 1. The van der Waals surface area contributed by atoms with E-state index in [0.717, 1.165) is 42.4 Å². The van der Waals surface area contributed by atoms with Crippen LogP contribution in [0.3, 0.4) is 0 Å². The SMILES string of the molecule is C=CCOC12Oc3ccc(O)cc3C3C(CCCCO)C(CCCCO)C=C(C(=NOC(C)(C)C)CC1N(Cc1ccc4c(c1)OCO4)C(=O)C=Cc1ccc([N+](=O)[O-])cc1)C32. The lowest BCUT2D eigenvalue weighted by Gasteiger charge is -2.60. The van der Waals surface area contributed by atoms with E-state index in [1.807, 2.05) is 39.0 Å². The number of aliphatic hydroxyl groups excluding tert-OH is 2. The van der Waals surface area contributed by atoms with E-state index in [-0.39, 0.29) is 74.7 Å². The molecule has 0 spiro atoms. The maximum Gasteiger partial charge on any atom is 0.269 e. The quantitative estimate of drug-likeness (QED) is 0.0369. The van der Waals surface area contributed by atoms with E-state index < -0.39 is 28.3 Å². The molecule has 3 N–H and O–H groups in total. The number of nitro benzene ring substituents is 1. The molecule has 330 valence electrons. The molecule has 14 nitrogen and oxygen atoms in total. The van der Waals surface area contributed by atoms with Crippen molar-refractivity contribution in [2.45, 2.75) is 95.6 Å². The fourth-order valence-electron chi connectivity index (χ4n) is 9.40. The summed E-state index contributed by atoms with van der Waals surface area (Å²) in [5.74, 6) is -1.05. The van der Waals surface area contributed by atoms with Crippen LogP contribution in [0.4, 0.5) is 5.69 Å². The summed E-state index contributed by atoms with van der Waals surface area (Å²) in [6.45, 7) is 10.1. The Morgan fingerprint density at radius 1 is 1.00 bits per heavy atom. The number of non-ortho nitro benzene ring substituents is 1. The minimum absolute atomic E-state index is 0.0197. The van der Waals surface area contributed by atoms with Gasteiger partial charge in [0.15, 0.2) is 11.5 Å². The smallest absolute Gasteiger partial charge is 0.269 e. The highest BCUT2D eigenvalue weighted by atomic mass is 16.7. The highest BCUT2D eigenvalue weighted by Crippen LogP contribution is 2.62. The van der Waals surface area contributed by atoms with E-state index >= 15 is 4.79 Å². The van der Waals surface area contributed by atoms with Crippen LogP contribution >= 0.6 is 0 Å². The van der Waals surface area contributed by atoms with Crippen LogP contribution in [0.25, 0.3) is 6.08 Å². The topological polar surface area (TPSA) is 183 Å². The Kier molecular flexibility index (Phi) is 13.7. The zero-order chi connectivity index (χ0) is 44.0. The number of hydrogen-bond donors (Lipinski definition) is 3. The van der Waals surface area contributed by atoms with E-state index in [1.165, 1.54) is 18.2 Å². The Morgan fingerprint density at radius 2 is 1.73 bits per heavy atom. The van der Waals surface area contributed by atoms with Crippen molar-refractivity contribution in [3.63, 3.8) is 0 Å². The molecule has 14 heteroatoms.